The Labute approximate surface area is 259 Å². The third-order valence-electron chi connectivity index (χ3n) is 7.32. The maximum absolute atomic E-state index is 14.4. The zero-order valence-corrected chi connectivity index (χ0v) is 25.7. The summed E-state index contributed by atoms with van der Waals surface area (Å²) in [6.45, 7) is 8.76. The predicted molar refractivity (Wildman–Crippen MR) is 158 cm³/mol. The molecule has 0 saturated heterocycles. The highest BCUT2D eigenvalue weighted by Crippen LogP contribution is 2.25. The summed E-state index contributed by atoms with van der Waals surface area (Å²) in [5.74, 6) is -2.51. The first-order valence-corrected chi connectivity index (χ1v) is 14.6. The van der Waals surface area contributed by atoms with Crippen LogP contribution in [0, 0.1) is 18.7 Å². The van der Waals surface area contributed by atoms with E-state index in [1.165, 1.54) is 26.0 Å². The van der Waals surface area contributed by atoms with Crippen LogP contribution in [-0.2, 0) is 27.5 Å². The van der Waals surface area contributed by atoms with Crippen LogP contribution in [0.2, 0.25) is 0 Å². The van der Waals surface area contributed by atoms with Gasteiger partial charge in [-0.1, -0.05) is 31.1 Å². The summed E-state index contributed by atoms with van der Waals surface area (Å²) in [7, 11) is 0. The normalized spacial score (nSPS) is 21.7. The van der Waals surface area contributed by atoms with Gasteiger partial charge >= 0.3 is 0 Å². The van der Waals surface area contributed by atoms with Crippen molar-refractivity contribution in [3.05, 3.63) is 59.1 Å². The van der Waals surface area contributed by atoms with E-state index in [4.69, 9.17) is 8.94 Å². The van der Waals surface area contributed by atoms with Crippen LogP contribution < -0.4 is 21.3 Å². The monoisotopic (exact) mass is 627 g/mol. The Balaban J connectivity index is 1.63. The molecule has 1 aromatic carbocycles. The number of hydrogen-bond donors (Lipinski definition) is 5. The van der Waals surface area contributed by atoms with Crippen molar-refractivity contribution >= 4 is 23.6 Å². The SMILES string of the molecule is Cc1oc(-c2ccccc2F)nc1CN1CCNC(=O)[C@H](C(C)C)NC(=O)[C@H](C)NC(=O)[C@H]([C@@H](C)O)NC(=O)c2cc(on2)C1. The second-order valence-corrected chi connectivity index (χ2v) is 11.3. The van der Waals surface area contributed by atoms with Gasteiger partial charge in [0, 0.05) is 25.7 Å². The summed E-state index contributed by atoms with van der Waals surface area (Å²) in [4.78, 5) is 58.3. The average molecular weight is 628 g/mol. The highest BCUT2D eigenvalue weighted by Gasteiger charge is 2.32. The fraction of sp³-hybridized carbons (Fsp3) is 0.467. The van der Waals surface area contributed by atoms with Crippen LogP contribution >= 0.6 is 0 Å². The minimum absolute atomic E-state index is 0.121. The summed E-state index contributed by atoms with van der Waals surface area (Å²) in [5.41, 5.74) is 0.596. The minimum Gasteiger partial charge on any atom is -0.441 e. The third-order valence-corrected chi connectivity index (χ3v) is 7.32. The number of carbonyl (C=O) groups is 4. The number of hydrogen-bond acceptors (Lipinski definition) is 10. The lowest BCUT2D eigenvalue weighted by Gasteiger charge is -2.26. The number of oxazole rings is 1. The van der Waals surface area contributed by atoms with Crippen molar-refractivity contribution in [2.45, 2.75) is 71.9 Å². The van der Waals surface area contributed by atoms with Crippen LogP contribution in [0.1, 0.15) is 55.4 Å². The molecular formula is C30H38FN7O7. The maximum atomic E-state index is 14.4. The molecule has 1 aliphatic rings. The Kier molecular flexibility index (Phi) is 10.7. The molecule has 2 aromatic heterocycles. The molecule has 2 bridgehead atoms. The Hall–Kier alpha value is -4.63. The predicted octanol–water partition coefficient (Wildman–Crippen LogP) is 1.03. The molecule has 0 fully saturated rings. The van der Waals surface area contributed by atoms with E-state index in [-0.39, 0.29) is 49.2 Å². The van der Waals surface area contributed by atoms with Crippen molar-refractivity contribution in [3.63, 3.8) is 0 Å². The van der Waals surface area contributed by atoms with E-state index in [0.29, 0.717) is 17.2 Å². The Morgan fingerprint density at radius 2 is 1.78 bits per heavy atom. The number of fused-ring (bicyclic) bond motifs is 2. The average Bonchev–Trinajstić information content (AvgIpc) is 3.59. The summed E-state index contributed by atoms with van der Waals surface area (Å²) in [5, 5.41) is 24.4. The molecule has 4 amide bonds. The van der Waals surface area contributed by atoms with Crippen LogP contribution in [0.15, 0.2) is 39.3 Å². The molecule has 242 valence electrons. The molecule has 4 atom stereocenters. The molecule has 4 rings (SSSR count). The van der Waals surface area contributed by atoms with Crippen molar-refractivity contribution in [1.29, 1.82) is 0 Å². The van der Waals surface area contributed by atoms with Gasteiger partial charge in [-0.2, -0.15) is 0 Å². The summed E-state index contributed by atoms with van der Waals surface area (Å²) in [6, 6.07) is 4.11. The third kappa shape index (κ3) is 8.30. The quantitative estimate of drug-likeness (QED) is 0.273. The molecule has 0 unspecified atom stereocenters. The molecule has 1 aliphatic heterocycles. The Bertz CT molecular complexity index is 1540. The van der Waals surface area contributed by atoms with E-state index in [1.54, 1.807) is 39.0 Å². The number of nitrogens with one attached hydrogen (secondary N) is 4. The van der Waals surface area contributed by atoms with Crippen molar-refractivity contribution < 1.29 is 37.6 Å². The largest absolute Gasteiger partial charge is 0.441 e. The number of aromatic nitrogens is 2. The van der Waals surface area contributed by atoms with Gasteiger partial charge < -0.3 is 35.3 Å². The molecular weight excluding hydrogens is 589 g/mol. The molecule has 0 spiro atoms. The number of aliphatic hydroxyl groups excluding tert-OH is 1. The summed E-state index contributed by atoms with van der Waals surface area (Å²) < 4.78 is 25.6. The topological polar surface area (TPSA) is 192 Å². The van der Waals surface area contributed by atoms with E-state index >= 15 is 0 Å². The molecule has 5 N–H and O–H groups in total. The van der Waals surface area contributed by atoms with Crippen LogP contribution in [-0.4, -0.2) is 81.1 Å². The molecule has 3 heterocycles. The van der Waals surface area contributed by atoms with Gasteiger partial charge in [-0.3, -0.25) is 24.1 Å². The molecule has 0 saturated carbocycles. The summed E-state index contributed by atoms with van der Waals surface area (Å²) in [6.07, 6.45) is -1.31. The number of carbonyl (C=O) groups excluding carboxylic acids is 4. The molecule has 3 aromatic rings. The van der Waals surface area contributed by atoms with Crippen LogP contribution in [0.3, 0.4) is 0 Å². The number of aliphatic hydroxyl groups is 1. The lowest BCUT2D eigenvalue weighted by molar-refractivity contribution is -0.133. The number of nitrogens with zero attached hydrogens (tertiary/aromatic N) is 3. The van der Waals surface area contributed by atoms with Crippen molar-refractivity contribution in [2.24, 2.45) is 5.92 Å². The maximum Gasteiger partial charge on any atom is 0.274 e. The van der Waals surface area contributed by atoms with Crippen LogP contribution in [0.4, 0.5) is 4.39 Å². The van der Waals surface area contributed by atoms with Gasteiger partial charge in [0.2, 0.25) is 23.6 Å². The van der Waals surface area contributed by atoms with Gasteiger partial charge in [-0.25, -0.2) is 9.37 Å². The highest BCUT2D eigenvalue weighted by molar-refractivity contribution is 5.97. The summed E-state index contributed by atoms with van der Waals surface area (Å²) >= 11 is 0. The number of aryl methyl sites for hydroxylation is 1. The van der Waals surface area contributed by atoms with E-state index < -0.39 is 53.7 Å². The fourth-order valence-electron chi connectivity index (χ4n) is 4.71. The second kappa shape index (κ2) is 14.4. The first-order chi connectivity index (χ1) is 21.3. The van der Waals surface area contributed by atoms with Crippen molar-refractivity contribution in [3.8, 4) is 11.5 Å². The molecule has 15 heteroatoms. The second-order valence-electron chi connectivity index (χ2n) is 11.3. The zero-order valence-electron chi connectivity index (χ0n) is 25.7. The first kappa shape index (κ1) is 33.3. The van der Waals surface area contributed by atoms with Gasteiger partial charge in [0.25, 0.3) is 5.91 Å². The lowest BCUT2D eigenvalue weighted by atomic mass is 10.0. The first-order valence-electron chi connectivity index (χ1n) is 14.6. The fourth-order valence-corrected chi connectivity index (χ4v) is 4.71. The number of halogens is 1. The van der Waals surface area contributed by atoms with Crippen molar-refractivity contribution in [1.82, 2.24) is 36.3 Å². The van der Waals surface area contributed by atoms with E-state index in [2.05, 4.69) is 31.4 Å². The molecule has 45 heavy (non-hydrogen) atoms. The van der Waals surface area contributed by atoms with Gasteiger partial charge in [-0.05, 0) is 38.8 Å². The Morgan fingerprint density at radius 3 is 2.47 bits per heavy atom. The van der Waals surface area contributed by atoms with Crippen LogP contribution in [0.25, 0.3) is 11.5 Å². The number of rotatable bonds is 5. The van der Waals surface area contributed by atoms with Gasteiger partial charge in [-0.15, -0.1) is 0 Å². The standard InChI is InChI=1S/C30H38FN7O7/c1-15(2)24-28(42)32-10-11-38(14-23-18(5)44-30(34-23)20-8-6-7-9-21(20)31)13-19-12-22(37-45-19)27(41)36-25(17(4)39)29(43)33-16(3)26(40)35-24/h6-9,12,15-17,24-25,39H,10-11,13-14H2,1-5H3,(H,32,42)(H,33,43)(H,35,40)(H,36,41)/t16-,17+,24-,25-/m0/s1. The van der Waals surface area contributed by atoms with E-state index in [9.17, 15) is 28.7 Å². The van der Waals surface area contributed by atoms with Gasteiger partial charge in [0.05, 0.1) is 23.9 Å². The molecule has 14 nitrogen and oxygen atoms in total. The smallest absolute Gasteiger partial charge is 0.274 e. The Morgan fingerprint density at radius 1 is 1.04 bits per heavy atom. The van der Waals surface area contributed by atoms with Crippen LogP contribution in [0.5, 0.6) is 0 Å². The number of benzene rings is 1. The molecule has 0 aliphatic carbocycles. The van der Waals surface area contributed by atoms with Gasteiger partial charge in [0.15, 0.2) is 11.5 Å². The van der Waals surface area contributed by atoms with Gasteiger partial charge in [0.1, 0.15) is 29.7 Å². The lowest BCUT2D eigenvalue weighted by Crippen LogP contribution is -2.58. The van der Waals surface area contributed by atoms with E-state index in [1.807, 2.05) is 4.90 Å². The molecule has 0 radical (unpaired) electrons. The van der Waals surface area contributed by atoms with Crippen molar-refractivity contribution in [2.75, 3.05) is 13.1 Å². The number of amides is 4. The zero-order chi connectivity index (χ0) is 32.8. The van der Waals surface area contributed by atoms with E-state index in [0.717, 1.165) is 0 Å². The minimum atomic E-state index is -1.41. The highest BCUT2D eigenvalue weighted by atomic mass is 19.1.